The summed E-state index contributed by atoms with van der Waals surface area (Å²) in [5, 5.41) is 0. The fourth-order valence-corrected chi connectivity index (χ4v) is 7.21. The van der Waals surface area contributed by atoms with E-state index in [2.05, 4.69) is 130 Å². The molecule has 0 rings (SSSR count). The van der Waals surface area contributed by atoms with Gasteiger partial charge in [-0.3, -0.25) is 14.4 Å². The predicted octanol–water partition coefficient (Wildman–Crippen LogP) is 18.3. The van der Waals surface area contributed by atoms with Crippen LogP contribution in [-0.4, -0.2) is 37.2 Å². The van der Waals surface area contributed by atoms with Crippen molar-refractivity contribution in [1.82, 2.24) is 0 Å². The Morgan fingerprint density at radius 2 is 0.657 bits per heavy atom. The summed E-state index contributed by atoms with van der Waals surface area (Å²) in [6, 6.07) is 0. The topological polar surface area (TPSA) is 78.9 Å². The zero-order valence-electron chi connectivity index (χ0n) is 43.4. The smallest absolute Gasteiger partial charge is 0.306 e. The number of unbranched alkanes of at least 4 members (excludes halogenated alkanes) is 22. The second-order valence-corrected chi connectivity index (χ2v) is 17.8. The van der Waals surface area contributed by atoms with E-state index in [0.717, 1.165) is 103 Å². The quantitative estimate of drug-likeness (QED) is 0.0199. The van der Waals surface area contributed by atoms with E-state index in [1.807, 2.05) is 0 Å². The lowest BCUT2D eigenvalue weighted by molar-refractivity contribution is -0.167. The minimum Gasteiger partial charge on any atom is -0.462 e. The second kappa shape index (κ2) is 54.7. The Balaban J connectivity index is 4.54. The van der Waals surface area contributed by atoms with Crippen LogP contribution in [0.15, 0.2) is 109 Å². The van der Waals surface area contributed by atoms with Crippen LogP contribution in [0.4, 0.5) is 0 Å². The predicted molar refractivity (Wildman–Crippen MR) is 288 cm³/mol. The molecule has 67 heavy (non-hydrogen) atoms. The Hall–Kier alpha value is -3.93. The summed E-state index contributed by atoms with van der Waals surface area (Å²) in [5.41, 5.74) is 0. The van der Waals surface area contributed by atoms with Crippen molar-refractivity contribution in [3.63, 3.8) is 0 Å². The van der Waals surface area contributed by atoms with Gasteiger partial charge in [-0.15, -0.1) is 0 Å². The van der Waals surface area contributed by atoms with Crippen LogP contribution in [0.1, 0.15) is 239 Å². The number of ether oxygens (including phenoxy) is 3. The molecular weight excluding hydrogens is 829 g/mol. The molecule has 0 saturated carbocycles. The fourth-order valence-electron chi connectivity index (χ4n) is 7.21. The maximum absolute atomic E-state index is 12.8. The number of carbonyl (C=O) groups is 3. The molecular formula is C61H100O6. The van der Waals surface area contributed by atoms with Gasteiger partial charge in [-0.1, -0.05) is 226 Å². The third-order valence-electron chi connectivity index (χ3n) is 11.3. The van der Waals surface area contributed by atoms with Gasteiger partial charge in [0.15, 0.2) is 6.10 Å². The van der Waals surface area contributed by atoms with Crippen LogP contribution in [-0.2, 0) is 28.6 Å². The molecule has 380 valence electrons. The van der Waals surface area contributed by atoms with Gasteiger partial charge in [0.1, 0.15) is 13.2 Å². The molecule has 0 aromatic rings. The average molecular weight is 929 g/mol. The molecule has 0 aromatic heterocycles. The number of hydrogen-bond donors (Lipinski definition) is 0. The van der Waals surface area contributed by atoms with Crippen molar-refractivity contribution in [2.24, 2.45) is 0 Å². The number of carbonyl (C=O) groups excluding carboxylic acids is 3. The average Bonchev–Trinajstić information content (AvgIpc) is 3.33. The number of allylic oxidation sites excluding steroid dienone is 18. The number of rotatable bonds is 48. The van der Waals surface area contributed by atoms with Crippen LogP contribution in [0.2, 0.25) is 0 Å². The second-order valence-electron chi connectivity index (χ2n) is 17.8. The van der Waals surface area contributed by atoms with Gasteiger partial charge in [-0.2, -0.15) is 0 Å². The highest BCUT2D eigenvalue weighted by molar-refractivity contribution is 5.71. The molecule has 0 spiro atoms. The van der Waals surface area contributed by atoms with E-state index in [9.17, 15) is 14.4 Å². The maximum Gasteiger partial charge on any atom is 0.306 e. The molecule has 0 aliphatic heterocycles. The minimum atomic E-state index is -0.820. The van der Waals surface area contributed by atoms with E-state index in [0.29, 0.717) is 19.3 Å². The van der Waals surface area contributed by atoms with Crippen molar-refractivity contribution in [2.45, 2.75) is 245 Å². The summed E-state index contributed by atoms with van der Waals surface area (Å²) in [6.07, 6.45) is 73.6. The molecule has 0 aliphatic rings. The maximum atomic E-state index is 12.8. The SMILES string of the molecule is CC/C=C\C/C=C\CCCCCCCCCC(=O)OCC(COC(=O)CCCCCCC\C=C/C=C\C=C/C=C\CCCCC)OC(=O)CCC/C=C\C/C=C\C/C=C\CCCCCCCC. The third-order valence-corrected chi connectivity index (χ3v) is 11.3. The standard InChI is InChI=1S/C61H100O6/c1-4-7-10-13-16-19-22-25-28-30-32-33-36-39-42-45-48-51-54-60(63)66-57-58(56-65-59(62)53-50-47-44-41-38-35-27-24-21-18-15-12-9-6-3)67-61(64)55-52-49-46-43-40-37-34-31-29-26-23-20-17-14-11-8-5-2/h9,12,16,18-19,21-22,25-26,28-30,32-34,37,43,46,58H,4-8,10-11,13-15,17,20,23-24,27,31,35-36,38-42,44-45,47-57H2,1-3H3/b12-9-,19-16-,21-18-,25-22-,29-26-,30-28-,33-32-,37-34-,46-43-. The van der Waals surface area contributed by atoms with Gasteiger partial charge in [-0.05, 0) is 103 Å². The van der Waals surface area contributed by atoms with Gasteiger partial charge in [0.25, 0.3) is 0 Å². The van der Waals surface area contributed by atoms with Crippen LogP contribution in [0, 0.1) is 0 Å². The molecule has 6 heteroatoms. The lowest BCUT2D eigenvalue weighted by Crippen LogP contribution is -2.30. The molecule has 0 radical (unpaired) electrons. The molecule has 0 heterocycles. The van der Waals surface area contributed by atoms with E-state index < -0.39 is 6.10 Å². The van der Waals surface area contributed by atoms with E-state index in [4.69, 9.17) is 14.2 Å². The van der Waals surface area contributed by atoms with Crippen LogP contribution >= 0.6 is 0 Å². The first-order valence-electron chi connectivity index (χ1n) is 27.4. The normalized spacial score (nSPS) is 12.9. The molecule has 0 bridgehead atoms. The highest BCUT2D eigenvalue weighted by atomic mass is 16.6. The summed E-state index contributed by atoms with van der Waals surface area (Å²) in [5.74, 6) is -0.999. The zero-order chi connectivity index (χ0) is 48.6. The largest absolute Gasteiger partial charge is 0.462 e. The molecule has 0 N–H and O–H groups in total. The van der Waals surface area contributed by atoms with Crippen LogP contribution in [0.3, 0.4) is 0 Å². The molecule has 0 amide bonds. The first-order chi connectivity index (χ1) is 33.0. The molecule has 0 aromatic carbocycles. The molecule has 1 unspecified atom stereocenters. The van der Waals surface area contributed by atoms with Gasteiger partial charge >= 0.3 is 17.9 Å². The van der Waals surface area contributed by atoms with E-state index in [-0.39, 0.29) is 37.5 Å². The first-order valence-corrected chi connectivity index (χ1v) is 27.4. The minimum absolute atomic E-state index is 0.112. The van der Waals surface area contributed by atoms with E-state index in [1.165, 1.54) is 89.9 Å². The summed E-state index contributed by atoms with van der Waals surface area (Å²) < 4.78 is 16.8. The Morgan fingerprint density at radius 3 is 1.12 bits per heavy atom. The summed E-state index contributed by atoms with van der Waals surface area (Å²) in [6.45, 7) is 6.41. The Bertz CT molecular complexity index is 1390. The van der Waals surface area contributed by atoms with Crippen molar-refractivity contribution in [3.05, 3.63) is 109 Å². The Kier molecular flexibility index (Phi) is 51.5. The lowest BCUT2D eigenvalue weighted by atomic mass is 10.1. The zero-order valence-corrected chi connectivity index (χ0v) is 43.4. The van der Waals surface area contributed by atoms with Crippen molar-refractivity contribution in [1.29, 1.82) is 0 Å². The molecule has 0 aliphatic carbocycles. The van der Waals surface area contributed by atoms with Crippen LogP contribution in [0.5, 0.6) is 0 Å². The van der Waals surface area contributed by atoms with Gasteiger partial charge < -0.3 is 14.2 Å². The highest BCUT2D eigenvalue weighted by Gasteiger charge is 2.19. The number of hydrogen-bond acceptors (Lipinski definition) is 6. The Morgan fingerprint density at radius 1 is 0.328 bits per heavy atom. The molecule has 0 fully saturated rings. The van der Waals surface area contributed by atoms with Crippen LogP contribution < -0.4 is 0 Å². The van der Waals surface area contributed by atoms with Crippen molar-refractivity contribution in [3.8, 4) is 0 Å². The van der Waals surface area contributed by atoms with Crippen molar-refractivity contribution < 1.29 is 28.6 Å². The van der Waals surface area contributed by atoms with Gasteiger partial charge in [0, 0.05) is 19.3 Å². The van der Waals surface area contributed by atoms with E-state index in [1.54, 1.807) is 0 Å². The summed E-state index contributed by atoms with van der Waals surface area (Å²) in [7, 11) is 0. The summed E-state index contributed by atoms with van der Waals surface area (Å²) in [4.78, 5) is 38.1. The third kappa shape index (κ3) is 52.9. The van der Waals surface area contributed by atoms with Crippen LogP contribution in [0.25, 0.3) is 0 Å². The van der Waals surface area contributed by atoms with Gasteiger partial charge in [0.05, 0.1) is 0 Å². The number of esters is 3. The van der Waals surface area contributed by atoms with E-state index >= 15 is 0 Å². The molecule has 6 nitrogen and oxygen atoms in total. The van der Waals surface area contributed by atoms with Gasteiger partial charge in [0.2, 0.25) is 0 Å². The monoisotopic (exact) mass is 929 g/mol. The Labute approximate surface area is 412 Å². The van der Waals surface area contributed by atoms with Crippen molar-refractivity contribution >= 4 is 17.9 Å². The van der Waals surface area contributed by atoms with Gasteiger partial charge in [-0.25, -0.2) is 0 Å². The summed E-state index contributed by atoms with van der Waals surface area (Å²) >= 11 is 0. The van der Waals surface area contributed by atoms with Crippen molar-refractivity contribution in [2.75, 3.05) is 13.2 Å². The fraction of sp³-hybridized carbons (Fsp3) is 0.656. The highest BCUT2D eigenvalue weighted by Crippen LogP contribution is 2.13. The molecule has 1 atom stereocenters. The lowest BCUT2D eigenvalue weighted by Gasteiger charge is -2.18. The first kappa shape index (κ1) is 63.1. The molecule has 0 saturated heterocycles.